The molecule has 0 saturated heterocycles. The Morgan fingerprint density at radius 3 is 2.40 bits per heavy atom. The first-order chi connectivity index (χ1) is 6.98. The van der Waals surface area contributed by atoms with Gasteiger partial charge in [0.2, 0.25) is 0 Å². The van der Waals surface area contributed by atoms with Gasteiger partial charge in [0.05, 0.1) is 12.0 Å². The maximum absolute atomic E-state index is 11.7. The van der Waals surface area contributed by atoms with E-state index >= 15 is 0 Å². The number of esters is 1. The molecule has 0 unspecified atom stereocenters. The average molecular weight is 212 g/mol. The molecule has 1 rings (SSSR count). The first kappa shape index (κ1) is 12.2. The number of Topliss-reactive ketones (excluding diaryl/α,β-unsaturated/α-hetero) is 1. The van der Waals surface area contributed by atoms with E-state index in [0.29, 0.717) is 25.2 Å². The number of hydrogen-bond donors (Lipinski definition) is 0. The summed E-state index contributed by atoms with van der Waals surface area (Å²) in [5.41, 5.74) is -0.448. The minimum atomic E-state index is -0.448. The van der Waals surface area contributed by atoms with E-state index in [1.807, 2.05) is 20.8 Å². The fourth-order valence-corrected chi connectivity index (χ4v) is 2.15. The highest BCUT2D eigenvalue weighted by Crippen LogP contribution is 2.38. The molecule has 0 bridgehead atoms. The molecule has 0 heterocycles. The van der Waals surface area contributed by atoms with Crippen molar-refractivity contribution in [2.24, 2.45) is 11.3 Å². The second kappa shape index (κ2) is 4.77. The molecule has 86 valence electrons. The maximum atomic E-state index is 11.7. The van der Waals surface area contributed by atoms with E-state index < -0.39 is 5.41 Å². The number of ketones is 1. The molecule has 0 radical (unpaired) electrons. The van der Waals surface area contributed by atoms with E-state index in [1.54, 1.807) is 0 Å². The zero-order valence-electron chi connectivity index (χ0n) is 9.84. The van der Waals surface area contributed by atoms with Gasteiger partial charge in [-0.05, 0) is 39.5 Å². The highest BCUT2D eigenvalue weighted by atomic mass is 16.5. The predicted molar refractivity (Wildman–Crippen MR) is 57.4 cm³/mol. The van der Waals surface area contributed by atoms with Crippen molar-refractivity contribution in [3.63, 3.8) is 0 Å². The standard InChI is InChI=1S/C12H20O3/c1-4-15-11(14)12(2,3)9-5-7-10(13)8-6-9/h9H,4-8H2,1-3H3. The summed E-state index contributed by atoms with van der Waals surface area (Å²) in [6.07, 6.45) is 2.89. The molecule has 1 saturated carbocycles. The Bertz CT molecular complexity index is 246. The van der Waals surface area contributed by atoms with Gasteiger partial charge in [0, 0.05) is 12.8 Å². The van der Waals surface area contributed by atoms with Crippen molar-refractivity contribution in [2.75, 3.05) is 6.61 Å². The molecule has 1 aliphatic rings. The van der Waals surface area contributed by atoms with Crippen LogP contribution >= 0.6 is 0 Å². The fourth-order valence-electron chi connectivity index (χ4n) is 2.15. The third kappa shape index (κ3) is 2.80. The molecule has 0 aliphatic heterocycles. The Morgan fingerprint density at radius 2 is 1.93 bits per heavy atom. The largest absolute Gasteiger partial charge is 0.466 e. The summed E-state index contributed by atoms with van der Waals surface area (Å²) in [6.45, 7) is 6.09. The van der Waals surface area contributed by atoms with Crippen molar-refractivity contribution in [1.29, 1.82) is 0 Å². The third-order valence-corrected chi connectivity index (χ3v) is 3.37. The number of rotatable bonds is 3. The Labute approximate surface area is 91.2 Å². The van der Waals surface area contributed by atoms with E-state index in [1.165, 1.54) is 0 Å². The van der Waals surface area contributed by atoms with Gasteiger partial charge in [-0.15, -0.1) is 0 Å². The number of ether oxygens (including phenoxy) is 1. The van der Waals surface area contributed by atoms with Gasteiger partial charge in [-0.3, -0.25) is 9.59 Å². The van der Waals surface area contributed by atoms with Crippen molar-refractivity contribution >= 4 is 11.8 Å². The Hall–Kier alpha value is -0.860. The predicted octanol–water partition coefficient (Wildman–Crippen LogP) is 2.33. The second-order valence-corrected chi connectivity index (χ2v) is 4.76. The summed E-state index contributed by atoms with van der Waals surface area (Å²) < 4.78 is 5.06. The van der Waals surface area contributed by atoms with Crippen LogP contribution in [0.5, 0.6) is 0 Å². The lowest BCUT2D eigenvalue weighted by molar-refractivity contribution is -0.158. The third-order valence-electron chi connectivity index (χ3n) is 3.37. The van der Waals surface area contributed by atoms with Crippen LogP contribution < -0.4 is 0 Å². The molecule has 0 atom stereocenters. The first-order valence-corrected chi connectivity index (χ1v) is 5.67. The van der Waals surface area contributed by atoms with Gasteiger partial charge in [0.1, 0.15) is 5.78 Å². The van der Waals surface area contributed by atoms with Crippen molar-refractivity contribution in [3.8, 4) is 0 Å². The molecular weight excluding hydrogens is 192 g/mol. The summed E-state index contributed by atoms with van der Waals surface area (Å²) in [5.74, 6) is 0.476. The van der Waals surface area contributed by atoms with E-state index in [-0.39, 0.29) is 11.9 Å². The van der Waals surface area contributed by atoms with Gasteiger partial charge < -0.3 is 4.74 Å². The average Bonchev–Trinajstić information content (AvgIpc) is 2.18. The van der Waals surface area contributed by atoms with E-state index in [4.69, 9.17) is 4.74 Å². The Balaban J connectivity index is 2.60. The van der Waals surface area contributed by atoms with Crippen LogP contribution in [0, 0.1) is 11.3 Å². The molecule has 0 aromatic heterocycles. The lowest BCUT2D eigenvalue weighted by atomic mass is 9.71. The van der Waals surface area contributed by atoms with Crippen molar-refractivity contribution in [1.82, 2.24) is 0 Å². The van der Waals surface area contributed by atoms with Crippen LogP contribution in [-0.2, 0) is 14.3 Å². The van der Waals surface area contributed by atoms with E-state index in [2.05, 4.69) is 0 Å². The van der Waals surface area contributed by atoms with Crippen molar-refractivity contribution in [2.45, 2.75) is 46.5 Å². The highest BCUT2D eigenvalue weighted by molar-refractivity contribution is 5.80. The van der Waals surface area contributed by atoms with Crippen LogP contribution in [-0.4, -0.2) is 18.4 Å². The van der Waals surface area contributed by atoms with Crippen LogP contribution in [0.2, 0.25) is 0 Å². The zero-order valence-corrected chi connectivity index (χ0v) is 9.84. The molecular formula is C12H20O3. The molecule has 15 heavy (non-hydrogen) atoms. The molecule has 0 aromatic rings. The lowest BCUT2D eigenvalue weighted by Gasteiger charge is -2.34. The number of carbonyl (C=O) groups is 2. The normalized spacial score (nSPS) is 19.0. The van der Waals surface area contributed by atoms with Crippen molar-refractivity contribution < 1.29 is 14.3 Å². The summed E-state index contributed by atoms with van der Waals surface area (Å²) >= 11 is 0. The monoisotopic (exact) mass is 212 g/mol. The van der Waals surface area contributed by atoms with Gasteiger partial charge in [-0.1, -0.05) is 0 Å². The Morgan fingerprint density at radius 1 is 1.40 bits per heavy atom. The van der Waals surface area contributed by atoms with Crippen molar-refractivity contribution in [3.05, 3.63) is 0 Å². The fraction of sp³-hybridized carbons (Fsp3) is 0.833. The number of carbonyl (C=O) groups excluding carboxylic acids is 2. The minimum Gasteiger partial charge on any atom is -0.466 e. The van der Waals surface area contributed by atoms with Crippen LogP contribution in [0.4, 0.5) is 0 Å². The van der Waals surface area contributed by atoms with Crippen LogP contribution in [0.3, 0.4) is 0 Å². The summed E-state index contributed by atoms with van der Waals surface area (Å²) in [5, 5.41) is 0. The van der Waals surface area contributed by atoms with Gasteiger partial charge in [-0.25, -0.2) is 0 Å². The molecule has 1 aliphatic carbocycles. The summed E-state index contributed by atoms with van der Waals surface area (Å²) in [6, 6.07) is 0. The smallest absolute Gasteiger partial charge is 0.311 e. The van der Waals surface area contributed by atoms with E-state index in [9.17, 15) is 9.59 Å². The summed E-state index contributed by atoms with van der Waals surface area (Å²) in [7, 11) is 0. The van der Waals surface area contributed by atoms with Gasteiger partial charge in [0.25, 0.3) is 0 Å². The van der Waals surface area contributed by atoms with Gasteiger partial charge >= 0.3 is 5.97 Å². The topological polar surface area (TPSA) is 43.4 Å². The molecule has 0 N–H and O–H groups in total. The summed E-state index contributed by atoms with van der Waals surface area (Å²) in [4.78, 5) is 22.9. The van der Waals surface area contributed by atoms with Gasteiger partial charge in [-0.2, -0.15) is 0 Å². The number of hydrogen-bond acceptors (Lipinski definition) is 3. The van der Waals surface area contributed by atoms with E-state index in [0.717, 1.165) is 12.8 Å². The first-order valence-electron chi connectivity index (χ1n) is 5.67. The zero-order chi connectivity index (χ0) is 11.5. The second-order valence-electron chi connectivity index (χ2n) is 4.76. The molecule has 0 aromatic carbocycles. The quantitative estimate of drug-likeness (QED) is 0.674. The molecule has 1 fully saturated rings. The molecule has 3 nitrogen and oxygen atoms in total. The van der Waals surface area contributed by atoms with Gasteiger partial charge in [0.15, 0.2) is 0 Å². The Kier molecular flexibility index (Phi) is 3.89. The molecule has 3 heteroatoms. The lowest BCUT2D eigenvalue weighted by Crippen LogP contribution is -2.36. The highest BCUT2D eigenvalue weighted by Gasteiger charge is 2.39. The minimum absolute atomic E-state index is 0.135. The van der Waals surface area contributed by atoms with Crippen LogP contribution in [0.1, 0.15) is 46.5 Å². The SMILES string of the molecule is CCOC(=O)C(C)(C)C1CCC(=O)CC1. The van der Waals surface area contributed by atoms with Crippen LogP contribution in [0.25, 0.3) is 0 Å². The maximum Gasteiger partial charge on any atom is 0.311 e. The molecule has 0 spiro atoms. The van der Waals surface area contributed by atoms with Crippen LogP contribution in [0.15, 0.2) is 0 Å². The molecule has 0 amide bonds.